The van der Waals surface area contributed by atoms with Gasteiger partial charge in [-0.05, 0) is 57.0 Å². The second-order valence-corrected chi connectivity index (χ2v) is 8.74. The quantitative estimate of drug-likeness (QED) is 0.531. The fourth-order valence-electron chi connectivity index (χ4n) is 2.97. The summed E-state index contributed by atoms with van der Waals surface area (Å²) in [5.41, 5.74) is 3.75. The fourth-order valence-corrected chi connectivity index (χ4v) is 4.05. The predicted molar refractivity (Wildman–Crippen MR) is 124 cm³/mol. The van der Waals surface area contributed by atoms with Crippen LogP contribution in [-0.2, 0) is 4.79 Å². The van der Waals surface area contributed by atoms with Gasteiger partial charge in [-0.3, -0.25) is 14.7 Å². The molecule has 1 heterocycles. The van der Waals surface area contributed by atoms with E-state index in [1.807, 2.05) is 54.8 Å². The van der Waals surface area contributed by atoms with Crippen molar-refractivity contribution in [1.29, 1.82) is 0 Å². The van der Waals surface area contributed by atoms with E-state index in [0.29, 0.717) is 22.5 Å². The molecule has 0 aliphatic rings. The van der Waals surface area contributed by atoms with Gasteiger partial charge in [-0.25, -0.2) is 4.79 Å². The highest BCUT2D eigenvalue weighted by Gasteiger charge is 2.24. The molecule has 3 rings (SSSR count). The van der Waals surface area contributed by atoms with Crippen molar-refractivity contribution in [3.8, 4) is 17.1 Å². The molecule has 0 aliphatic carbocycles. The Labute approximate surface area is 190 Å². The Morgan fingerprint density at radius 1 is 1.16 bits per heavy atom. The van der Waals surface area contributed by atoms with Gasteiger partial charge in [0.1, 0.15) is 0 Å². The largest absolute Gasteiger partial charge is 0.338 e. The number of imide groups is 1. The van der Waals surface area contributed by atoms with E-state index in [-0.39, 0.29) is 0 Å². The van der Waals surface area contributed by atoms with E-state index in [1.165, 1.54) is 11.8 Å². The molecule has 0 aliphatic heterocycles. The summed E-state index contributed by atoms with van der Waals surface area (Å²) in [7, 11) is 0. The first-order valence-corrected chi connectivity index (χ1v) is 11.1. The molecule has 3 amide bonds. The number of carbonyl (C=O) groups is 2. The molecule has 0 bridgehead atoms. The summed E-state index contributed by atoms with van der Waals surface area (Å²) in [4.78, 5) is 24.2. The topological polar surface area (TPSA) is 88.9 Å². The van der Waals surface area contributed by atoms with Crippen molar-refractivity contribution in [2.45, 2.75) is 38.1 Å². The van der Waals surface area contributed by atoms with Crippen molar-refractivity contribution in [2.75, 3.05) is 6.54 Å². The number of nitrogens with one attached hydrogen (secondary N) is 2. The van der Waals surface area contributed by atoms with E-state index in [0.717, 1.165) is 22.4 Å². The minimum Gasteiger partial charge on any atom is -0.338 e. The maximum absolute atomic E-state index is 12.5. The van der Waals surface area contributed by atoms with Gasteiger partial charge in [0.2, 0.25) is 5.91 Å². The third kappa shape index (κ3) is 5.26. The first-order chi connectivity index (χ1) is 14.8. The molecule has 3 aromatic rings. The lowest BCUT2D eigenvalue weighted by Gasteiger charge is -2.16. The Balaban J connectivity index is 2.03. The number of aromatic nitrogens is 3. The third-order valence-corrected chi connectivity index (χ3v) is 5.95. The predicted octanol–water partition coefficient (Wildman–Crippen LogP) is 4.53. The average molecular weight is 458 g/mol. The molecule has 9 heteroatoms. The maximum atomic E-state index is 12.5. The van der Waals surface area contributed by atoms with Gasteiger partial charge in [0.15, 0.2) is 11.0 Å². The number of nitrogens with zero attached hydrogens (tertiary/aromatic N) is 3. The fraction of sp³-hybridized carbons (Fsp3) is 0.273. The molecule has 0 radical (unpaired) electrons. The summed E-state index contributed by atoms with van der Waals surface area (Å²) in [5.74, 6) is 0.170. The minimum absolute atomic E-state index is 0.411. The van der Waals surface area contributed by atoms with Crippen LogP contribution < -0.4 is 10.6 Å². The standard InChI is InChI=1S/C22H24ClN5O2S/c1-5-24-21(30)25-20(29)15(4)31-22-27-26-19(16-8-6-7-9-17(16)23)28(22)18-12-13(2)10-11-14(18)3/h6-12,15H,5H2,1-4H3,(H2,24,25,29,30). The molecule has 1 unspecified atom stereocenters. The summed E-state index contributed by atoms with van der Waals surface area (Å²) < 4.78 is 1.91. The summed E-state index contributed by atoms with van der Waals surface area (Å²) in [5, 5.41) is 14.2. The number of benzene rings is 2. The first-order valence-electron chi connectivity index (χ1n) is 9.85. The van der Waals surface area contributed by atoms with Crippen LogP contribution in [0.5, 0.6) is 0 Å². The third-order valence-electron chi connectivity index (χ3n) is 4.58. The number of halogens is 1. The van der Waals surface area contributed by atoms with E-state index in [1.54, 1.807) is 19.9 Å². The van der Waals surface area contributed by atoms with Crippen LogP contribution in [-0.4, -0.2) is 38.5 Å². The Hall–Kier alpha value is -2.84. The highest BCUT2D eigenvalue weighted by Crippen LogP contribution is 2.34. The molecule has 31 heavy (non-hydrogen) atoms. The van der Waals surface area contributed by atoms with Crippen molar-refractivity contribution in [2.24, 2.45) is 0 Å². The maximum Gasteiger partial charge on any atom is 0.321 e. The molecule has 1 aromatic heterocycles. The second-order valence-electron chi connectivity index (χ2n) is 7.02. The number of hydrogen-bond acceptors (Lipinski definition) is 5. The molecule has 7 nitrogen and oxygen atoms in total. The average Bonchev–Trinajstić information content (AvgIpc) is 3.13. The number of rotatable bonds is 6. The van der Waals surface area contributed by atoms with Crippen LogP contribution in [0, 0.1) is 13.8 Å². The molecule has 0 saturated carbocycles. The zero-order valence-electron chi connectivity index (χ0n) is 17.8. The van der Waals surface area contributed by atoms with Crippen LogP contribution in [0.4, 0.5) is 4.79 Å². The normalized spacial score (nSPS) is 11.8. The van der Waals surface area contributed by atoms with Gasteiger partial charge in [-0.1, -0.05) is 47.6 Å². The van der Waals surface area contributed by atoms with Gasteiger partial charge in [-0.15, -0.1) is 10.2 Å². The minimum atomic E-state index is -0.574. The van der Waals surface area contributed by atoms with E-state index >= 15 is 0 Å². The lowest BCUT2D eigenvalue weighted by molar-refractivity contribution is -0.119. The van der Waals surface area contributed by atoms with Crippen molar-refractivity contribution >= 4 is 35.3 Å². The molecular weight excluding hydrogens is 434 g/mol. The van der Waals surface area contributed by atoms with Crippen LogP contribution in [0.15, 0.2) is 47.6 Å². The zero-order chi connectivity index (χ0) is 22.5. The van der Waals surface area contributed by atoms with Gasteiger partial charge in [-0.2, -0.15) is 0 Å². The van der Waals surface area contributed by atoms with E-state index < -0.39 is 17.2 Å². The zero-order valence-corrected chi connectivity index (χ0v) is 19.3. The van der Waals surface area contributed by atoms with Crippen LogP contribution in [0.2, 0.25) is 5.02 Å². The smallest absolute Gasteiger partial charge is 0.321 e. The number of hydrogen-bond donors (Lipinski definition) is 2. The summed E-state index contributed by atoms with van der Waals surface area (Å²) >= 11 is 7.67. The SMILES string of the molecule is CCNC(=O)NC(=O)C(C)Sc1nnc(-c2ccccc2Cl)n1-c1cc(C)ccc1C. The van der Waals surface area contributed by atoms with Crippen molar-refractivity contribution in [3.63, 3.8) is 0 Å². The van der Waals surface area contributed by atoms with Gasteiger partial charge in [0, 0.05) is 12.1 Å². The van der Waals surface area contributed by atoms with Crippen molar-refractivity contribution in [3.05, 3.63) is 58.6 Å². The van der Waals surface area contributed by atoms with E-state index in [4.69, 9.17) is 11.6 Å². The number of thioether (sulfide) groups is 1. The van der Waals surface area contributed by atoms with E-state index in [2.05, 4.69) is 20.8 Å². The van der Waals surface area contributed by atoms with Crippen LogP contribution in [0.1, 0.15) is 25.0 Å². The Morgan fingerprint density at radius 2 is 1.90 bits per heavy atom. The molecular formula is C22H24ClN5O2S. The molecule has 0 fully saturated rings. The summed E-state index contributed by atoms with van der Waals surface area (Å²) in [6, 6.07) is 13.0. The van der Waals surface area contributed by atoms with Crippen molar-refractivity contribution < 1.29 is 9.59 Å². The van der Waals surface area contributed by atoms with Crippen molar-refractivity contribution in [1.82, 2.24) is 25.4 Å². The van der Waals surface area contributed by atoms with Crippen LogP contribution >= 0.6 is 23.4 Å². The first kappa shape index (κ1) is 22.8. The monoisotopic (exact) mass is 457 g/mol. The van der Waals surface area contributed by atoms with Crippen LogP contribution in [0.25, 0.3) is 17.1 Å². The number of carbonyl (C=O) groups excluding carboxylic acids is 2. The lowest BCUT2D eigenvalue weighted by atomic mass is 10.1. The molecule has 0 spiro atoms. The molecule has 162 valence electrons. The number of urea groups is 1. The number of amides is 3. The Bertz CT molecular complexity index is 1120. The number of aryl methyl sites for hydroxylation is 2. The van der Waals surface area contributed by atoms with Crippen LogP contribution in [0.3, 0.4) is 0 Å². The van der Waals surface area contributed by atoms with Gasteiger partial charge in [0.25, 0.3) is 0 Å². The lowest BCUT2D eigenvalue weighted by Crippen LogP contribution is -2.42. The highest BCUT2D eigenvalue weighted by molar-refractivity contribution is 8.00. The van der Waals surface area contributed by atoms with Gasteiger partial charge in [0.05, 0.1) is 16.0 Å². The summed E-state index contributed by atoms with van der Waals surface area (Å²) in [6.45, 7) is 7.95. The second kappa shape index (κ2) is 9.98. The molecule has 1 atom stereocenters. The van der Waals surface area contributed by atoms with Gasteiger partial charge < -0.3 is 5.32 Å². The molecule has 0 saturated heterocycles. The van der Waals surface area contributed by atoms with Gasteiger partial charge >= 0.3 is 6.03 Å². The van der Waals surface area contributed by atoms with E-state index in [9.17, 15) is 9.59 Å². The molecule has 2 aromatic carbocycles. The summed E-state index contributed by atoms with van der Waals surface area (Å²) in [6.07, 6.45) is 0. The molecule has 2 N–H and O–H groups in total. The Morgan fingerprint density at radius 3 is 2.61 bits per heavy atom. The Kier molecular flexibility index (Phi) is 7.35. The highest BCUT2D eigenvalue weighted by atomic mass is 35.5.